The van der Waals surface area contributed by atoms with Gasteiger partial charge in [-0.1, -0.05) is 18.2 Å². The van der Waals surface area contributed by atoms with E-state index in [1.165, 1.54) is 0 Å². The van der Waals surface area contributed by atoms with Crippen LogP contribution < -0.4 is 10.6 Å². The molecule has 0 atom stereocenters. The van der Waals surface area contributed by atoms with Gasteiger partial charge in [0.15, 0.2) is 0 Å². The molecule has 31 heavy (non-hydrogen) atoms. The van der Waals surface area contributed by atoms with Gasteiger partial charge in [0, 0.05) is 48.0 Å². The number of H-pyrrole nitrogens is 1. The molecule has 2 heterocycles. The van der Waals surface area contributed by atoms with E-state index < -0.39 is 0 Å². The fourth-order valence-electron chi connectivity index (χ4n) is 3.74. The van der Waals surface area contributed by atoms with Crippen LogP contribution in [0.15, 0.2) is 42.5 Å². The van der Waals surface area contributed by atoms with Gasteiger partial charge in [-0.2, -0.15) is 0 Å². The van der Waals surface area contributed by atoms with Gasteiger partial charge in [-0.15, -0.1) is 0 Å². The molecule has 0 spiro atoms. The predicted octanol–water partition coefficient (Wildman–Crippen LogP) is 3.13. The number of amides is 1. The van der Waals surface area contributed by atoms with Gasteiger partial charge < -0.3 is 25.4 Å². The van der Waals surface area contributed by atoms with Crippen molar-refractivity contribution >= 4 is 44.4 Å². The lowest BCUT2D eigenvalue weighted by Crippen LogP contribution is -2.31. The third-order valence-electron chi connectivity index (χ3n) is 5.39. The van der Waals surface area contributed by atoms with E-state index in [9.17, 15) is 4.79 Å². The summed E-state index contributed by atoms with van der Waals surface area (Å²) >= 11 is 0. The smallest absolute Gasteiger partial charge is 0.251 e. The van der Waals surface area contributed by atoms with Crippen molar-refractivity contribution in [2.24, 2.45) is 0 Å². The molecule has 2 aromatic heterocycles. The lowest BCUT2D eigenvalue weighted by Gasteiger charge is -2.14. The van der Waals surface area contributed by atoms with E-state index in [2.05, 4.69) is 40.7 Å². The van der Waals surface area contributed by atoms with Gasteiger partial charge >= 0.3 is 0 Å². The third-order valence-corrected chi connectivity index (χ3v) is 5.39. The second-order valence-corrected chi connectivity index (χ2v) is 8.40. The lowest BCUT2D eigenvalue weighted by molar-refractivity contribution is 0.0951. The van der Waals surface area contributed by atoms with Crippen LogP contribution in [0.1, 0.15) is 10.4 Å². The summed E-state index contributed by atoms with van der Waals surface area (Å²) < 4.78 is 0. The first-order chi connectivity index (χ1) is 14.9. The Morgan fingerprint density at radius 2 is 1.71 bits per heavy atom. The number of carbonyl (C=O) groups excluding carboxylic acids is 1. The zero-order valence-electron chi connectivity index (χ0n) is 18.6. The second-order valence-electron chi connectivity index (χ2n) is 8.40. The van der Waals surface area contributed by atoms with Crippen molar-refractivity contribution in [2.75, 3.05) is 59.7 Å². The van der Waals surface area contributed by atoms with Crippen LogP contribution in [0.5, 0.6) is 0 Å². The minimum Gasteiger partial charge on any atom is -0.381 e. The van der Waals surface area contributed by atoms with E-state index in [-0.39, 0.29) is 5.91 Å². The Bertz CT molecular complexity index is 1230. The molecule has 2 aromatic carbocycles. The molecule has 7 nitrogen and oxygen atoms in total. The molecule has 0 saturated heterocycles. The van der Waals surface area contributed by atoms with Crippen molar-refractivity contribution in [1.82, 2.24) is 25.1 Å². The number of hydrogen-bond donors (Lipinski definition) is 3. The van der Waals surface area contributed by atoms with Gasteiger partial charge in [0.2, 0.25) is 0 Å². The maximum Gasteiger partial charge on any atom is 0.251 e. The number of pyridine rings is 1. The quantitative estimate of drug-likeness (QED) is 0.410. The van der Waals surface area contributed by atoms with E-state index >= 15 is 0 Å². The number of nitrogens with zero attached hydrogens (tertiary/aromatic N) is 3. The van der Waals surface area contributed by atoms with Crippen molar-refractivity contribution < 1.29 is 4.79 Å². The highest BCUT2D eigenvalue weighted by molar-refractivity contribution is 6.16. The molecule has 0 unspecified atom stereocenters. The first kappa shape index (κ1) is 21.1. The van der Waals surface area contributed by atoms with E-state index in [1.54, 1.807) is 0 Å². The molecule has 0 radical (unpaired) electrons. The van der Waals surface area contributed by atoms with Crippen molar-refractivity contribution in [3.8, 4) is 0 Å². The molecule has 0 saturated carbocycles. The van der Waals surface area contributed by atoms with E-state index in [1.807, 2.05) is 55.4 Å². The number of anilines is 1. The summed E-state index contributed by atoms with van der Waals surface area (Å²) in [5.41, 5.74) is 5.45. The summed E-state index contributed by atoms with van der Waals surface area (Å²) in [5, 5.41) is 8.63. The van der Waals surface area contributed by atoms with Crippen LogP contribution in [-0.2, 0) is 0 Å². The van der Waals surface area contributed by atoms with Crippen LogP contribution in [0, 0.1) is 0 Å². The summed E-state index contributed by atoms with van der Waals surface area (Å²) in [6.45, 7) is 3.16. The molecule has 1 amide bonds. The zero-order chi connectivity index (χ0) is 22.0. The summed E-state index contributed by atoms with van der Waals surface area (Å²) in [4.78, 5) is 25.3. The summed E-state index contributed by atoms with van der Waals surface area (Å²) in [6.07, 6.45) is 0. The Labute approximate surface area is 182 Å². The minimum atomic E-state index is -0.0665. The maximum atomic E-state index is 12.6. The average molecular weight is 419 g/mol. The van der Waals surface area contributed by atoms with E-state index in [0.29, 0.717) is 12.1 Å². The molecule has 7 heteroatoms. The number of aromatic amines is 1. The molecule has 4 aromatic rings. The Hall–Kier alpha value is -3.16. The van der Waals surface area contributed by atoms with Crippen LogP contribution in [0.25, 0.3) is 32.8 Å². The van der Waals surface area contributed by atoms with Gasteiger partial charge in [0.25, 0.3) is 5.91 Å². The number of fused-ring (bicyclic) bond motifs is 4. The van der Waals surface area contributed by atoms with Crippen LogP contribution in [-0.4, -0.2) is 80.0 Å². The highest BCUT2D eigenvalue weighted by Crippen LogP contribution is 2.34. The highest BCUT2D eigenvalue weighted by atomic mass is 16.1. The fourth-order valence-corrected chi connectivity index (χ4v) is 3.74. The number of carbonyl (C=O) groups is 1. The van der Waals surface area contributed by atoms with Crippen LogP contribution in [0.3, 0.4) is 0 Å². The molecular formula is C24H30N6O. The summed E-state index contributed by atoms with van der Waals surface area (Å²) in [6, 6.07) is 13.9. The van der Waals surface area contributed by atoms with Crippen LogP contribution in [0.4, 0.5) is 5.69 Å². The van der Waals surface area contributed by atoms with Crippen LogP contribution >= 0.6 is 0 Å². The second kappa shape index (κ2) is 8.91. The molecule has 3 N–H and O–H groups in total. The molecule has 0 fully saturated rings. The molecule has 4 rings (SSSR count). The molecular weight excluding hydrogens is 388 g/mol. The molecule has 0 aliphatic heterocycles. The monoisotopic (exact) mass is 418 g/mol. The topological polar surface area (TPSA) is 76.3 Å². The SMILES string of the molecule is CN(C)CCNC(=O)c1ccc2[nH]c3c(NCCN(C)C)c4ccccc4nc3c2c1. The Balaban J connectivity index is 1.77. The normalized spacial score (nSPS) is 11.8. The predicted molar refractivity (Wildman–Crippen MR) is 129 cm³/mol. The summed E-state index contributed by atoms with van der Waals surface area (Å²) in [7, 11) is 8.11. The standard InChI is InChI=1S/C24H30N6O/c1-29(2)13-11-25-21-17-7-5-6-8-19(17)27-22-18-15-16(9-10-20(18)28-23(21)22)24(31)26-12-14-30(3)4/h5-10,15,28H,11-14H2,1-4H3,(H,25,27)(H,26,31). The van der Waals surface area contributed by atoms with E-state index in [4.69, 9.17) is 4.98 Å². The highest BCUT2D eigenvalue weighted by Gasteiger charge is 2.16. The van der Waals surface area contributed by atoms with Crippen molar-refractivity contribution in [3.05, 3.63) is 48.0 Å². The molecule has 0 bridgehead atoms. The van der Waals surface area contributed by atoms with Gasteiger partial charge in [0.1, 0.15) is 0 Å². The van der Waals surface area contributed by atoms with Crippen molar-refractivity contribution in [1.29, 1.82) is 0 Å². The molecule has 0 aliphatic carbocycles. The number of para-hydroxylation sites is 1. The molecule has 162 valence electrons. The van der Waals surface area contributed by atoms with Gasteiger partial charge in [0.05, 0.1) is 22.2 Å². The van der Waals surface area contributed by atoms with E-state index in [0.717, 1.165) is 58.2 Å². The van der Waals surface area contributed by atoms with Crippen LogP contribution in [0.2, 0.25) is 0 Å². The Kier molecular flexibility index (Phi) is 6.06. The third kappa shape index (κ3) is 4.47. The molecule has 0 aliphatic rings. The van der Waals surface area contributed by atoms with Gasteiger partial charge in [-0.05, 0) is 52.5 Å². The maximum absolute atomic E-state index is 12.6. The number of likely N-dealkylation sites (N-methyl/N-ethyl adjacent to an activating group) is 2. The Morgan fingerprint density at radius 3 is 2.48 bits per heavy atom. The first-order valence-corrected chi connectivity index (χ1v) is 10.6. The number of hydrogen-bond acceptors (Lipinski definition) is 5. The minimum absolute atomic E-state index is 0.0665. The fraction of sp³-hybridized carbons (Fsp3) is 0.333. The number of nitrogens with one attached hydrogen (secondary N) is 3. The zero-order valence-corrected chi connectivity index (χ0v) is 18.6. The number of aromatic nitrogens is 2. The Morgan fingerprint density at radius 1 is 0.968 bits per heavy atom. The average Bonchev–Trinajstić information content (AvgIpc) is 3.10. The largest absolute Gasteiger partial charge is 0.381 e. The number of rotatable bonds is 8. The van der Waals surface area contributed by atoms with Gasteiger partial charge in [-0.25, -0.2) is 4.98 Å². The van der Waals surface area contributed by atoms with Gasteiger partial charge in [-0.3, -0.25) is 4.79 Å². The first-order valence-electron chi connectivity index (χ1n) is 10.6. The number of benzene rings is 2. The van der Waals surface area contributed by atoms with Crippen molar-refractivity contribution in [2.45, 2.75) is 0 Å². The lowest BCUT2D eigenvalue weighted by atomic mass is 10.1. The van der Waals surface area contributed by atoms with Crippen molar-refractivity contribution in [3.63, 3.8) is 0 Å². The summed E-state index contributed by atoms with van der Waals surface area (Å²) in [5.74, 6) is -0.0665.